The minimum atomic E-state index is -5.08. The Morgan fingerprint density at radius 1 is 1.22 bits per heavy atom. The fraction of sp³-hybridized carbons (Fsp3) is 0.688. The molecule has 0 spiro atoms. The summed E-state index contributed by atoms with van der Waals surface area (Å²) in [6.45, 7) is 8.78. The number of H-pyrrole nitrogens is 1. The molecular weight excluding hydrogens is 369 g/mol. The van der Waals surface area contributed by atoms with Gasteiger partial charge in [-0.05, 0) is 13.8 Å². The molecule has 0 bridgehead atoms. The van der Waals surface area contributed by atoms with Gasteiger partial charge in [-0.1, -0.05) is 0 Å². The third-order valence-electron chi connectivity index (χ3n) is 4.44. The van der Waals surface area contributed by atoms with Gasteiger partial charge in [0, 0.05) is 49.9 Å². The van der Waals surface area contributed by atoms with Gasteiger partial charge in [0.2, 0.25) is 0 Å². The Bertz CT molecular complexity index is 669. The Morgan fingerprint density at radius 3 is 2.33 bits per heavy atom. The summed E-state index contributed by atoms with van der Waals surface area (Å²) in [4.78, 5) is 25.7. The van der Waals surface area contributed by atoms with E-state index >= 15 is 0 Å². The van der Waals surface area contributed by atoms with Gasteiger partial charge < -0.3 is 14.7 Å². The molecule has 8 nitrogen and oxygen atoms in total. The number of fused-ring (bicyclic) bond motifs is 1. The Hall–Kier alpha value is -2.14. The SMILES string of the molecule is CC(C)N1CCc2[nH]nc(C(=O)N3CCOCC3)c2C1.O=C(O)C(F)(F)F. The maximum Gasteiger partial charge on any atom is 0.490 e. The van der Waals surface area contributed by atoms with Crippen LogP contribution in [0.4, 0.5) is 13.2 Å². The van der Waals surface area contributed by atoms with Gasteiger partial charge in [-0.3, -0.25) is 14.8 Å². The number of carbonyl (C=O) groups is 2. The van der Waals surface area contributed by atoms with Crippen LogP contribution in [0, 0.1) is 0 Å². The van der Waals surface area contributed by atoms with E-state index < -0.39 is 12.1 Å². The van der Waals surface area contributed by atoms with Crippen molar-refractivity contribution in [1.82, 2.24) is 20.0 Å². The number of halogens is 3. The molecule has 1 fully saturated rings. The van der Waals surface area contributed by atoms with Gasteiger partial charge in [0.15, 0.2) is 5.69 Å². The van der Waals surface area contributed by atoms with Crippen LogP contribution < -0.4 is 0 Å². The number of amides is 1. The summed E-state index contributed by atoms with van der Waals surface area (Å²) in [5, 5.41) is 14.5. The number of aliphatic carboxylic acids is 1. The minimum Gasteiger partial charge on any atom is -0.475 e. The molecule has 27 heavy (non-hydrogen) atoms. The lowest BCUT2D eigenvalue weighted by atomic mass is 10.0. The number of carboxylic acid groups (broad SMARTS) is 1. The predicted molar refractivity (Wildman–Crippen MR) is 88.3 cm³/mol. The number of carbonyl (C=O) groups excluding carboxylic acids is 1. The van der Waals surface area contributed by atoms with Crippen molar-refractivity contribution in [2.24, 2.45) is 0 Å². The van der Waals surface area contributed by atoms with Crippen LogP contribution in [0.2, 0.25) is 0 Å². The molecule has 11 heteroatoms. The first kappa shape index (κ1) is 21.2. The number of alkyl halides is 3. The molecule has 1 amide bonds. The number of aromatic nitrogens is 2. The largest absolute Gasteiger partial charge is 0.490 e. The molecule has 3 heterocycles. The zero-order valence-corrected chi connectivity index (χ0v) is 15.2. The molecule has 0 saturated carbocycles. The molecule has 0 atom stereocenters. The highest BCUT2D eigenvalue weighted by atomic mass is 19.4. The molecular formula is C16H23F3N4O4. The molecule has 1 saturated heterocycles. The number of carboxylic acids is 1. The van der Waals surface area contributed by atoms with Crippen LogP contribution in [0.5, 0.6) is 0 Å². The molecule has 0 unspecified atom stereocenters. The molecule has 2 N–H and O–H groups in total. The maximum absolute atomic E-state index is 12.6. The summed E-state index contributed by atoms with van der Waals surface area (Å²) < 4.78 is 37.0. The van der Waals surface area contributed by atoms with Crippen molar-refractivity contribution in [2.45, 2.75) is 39.0 Å². The summed E-state index contributed by atoms with van der Waals surface area (Å²) in [6.07, 6.45) is -4.14. The average Bonchev–Trinajstić information content (AvgIpc) is 3.04. The normalized spacial score (nSPS) is 17.9. The van der Waals surface area contributed by atoms with Crippen LogP contribution in [0.3, 0.4) is 0 Å². The second kappa shape index (κ2) is 8.70. The van der Waals surface area contributed by atoms with Crippen LogP contribution in [0.25, 0.3) is 0 Å². The highest BCUT2D eigenvalue weighted by Gasteiger charge is 2.38. The molecule has 1 aromatic rings. The van der Waals surface area contributed by atoms with E-state index in [1.807, 2.05) is 4.90 Å². The van der Waals surface area contributed by atoms with Crippen LogP contribution in [0.1, 0.15) is 35.6 Å². The van der Waals surface area contributed by atoms with Gasteiger partial charge in [0.05, 0.1) is 13.2 Å². The van der Waals surface area contributed by atoms with Crippen LogP contribution in [0.15, 0.2) is 0 Å². The molecule has 3 rings (SSSR count). The second-order valence-electron chi connectivity index (χ2n) is 6.55. The van der Waals surface area contributed by atoms with E-state index in [0.717, 1.165) is 30.8 Å². The zero-order chi connectivity index (χ0) is 20.2. The van der Waals surface area contributed by atoms with Gasteiger partial charge in [-0.15, -0.1) is 0 Å². The fourth-order valence-corrected chi connectivity index (χ4v) is 2.85. The maximum atomic E-state index is 12.6. The van der Waals surface area contributed by atoms with E-state index in [-0.39, 0.29) is 5.91 Å². The average molecular weight is 392 g/mol. The second-order valence-corrected chi connectivity index (χ2v) is 6.55. The van der Waals surface area contributed by atoms with Gasteiger partial charge in [-0.25, -0.2) is 4.79 Å². The third-order valence-corrected chi connectivity index (χ3v) is 4.44. The summed E-state index contributed by atoms with van der Waals surface area (Å²) in [5.41, 5.74) is 2.81. The van der Waals surface area contributed by atoms with Crippen LogP contribution >= 0.6 is 0 Å². The zero-order valence-electron chi connectivity index (χ0n) is 15.2. The minimum absolute atomic E-state index is 0.0383. The molecule has 2 aliphatic heterocycles. The molecule has 2 aliphatic rings. The van der Waals surface area contributed by atoms with Crippen molar-refractivity contribution >= 4 is 11.9 Å². The Labute approximate surface area is 154 Å². The molecule has 152 valence electrons. The number of nitrogens with zero attached hydrogens (tertiary/aromatic N) is 3. The first-order valence-corrected chi connectivity index (χ1v) is 8.58. The van der Waals surface area contributed by atoms with Gasteiger partial charge in [0.25, 0.3) is 5.91 Å². The van der Waals surface area contributed by atoms with E-state index in [9.17, 15) is 18.0 Å². The number of ether oxygens (including phenoxy) is 1. The van der Waals surface area contributed by atoms with Gasteiger partial charge >= 0.3 is 12.1 Å². The number of hydrogen-bond acceptors (Lipinski definition) is 5. The lowest BCUT2D eigenvalue weighted by Crippen LogP contribution is -2.42. The third kappa shape index (κ3) is 5.42. The van der Waals surface area contributed by atoms with Gasteiger partial charge in [0.1, 0.15) is 0 Å². The van der Waals surface area contributed by atoms with Crippen LogP contribution in [-0.2, 0) is 22.5 Å². The summed E-state index contributed by atoms with van der Waals surface area (Å²) in [7, 11) is 0. The van der Waals surface area contributed by atoms with E-state index in [1.54, 1.807) is 0 Å². The highest BCUT2D eigenvalue weighted by Crippen LogP contribution is 2.23. The summed E-state index contributed by atoms with van der Waals surface area (Å²) in [5.74, 6) is -2.72. The molecule has 0 aromatic carbocycles. The monoisotopic (exact) mass is 392 g/mol. The summed E-state index contributed by atoms with van der Waals surface area (Å²) in [6, 6.07) is 0.490. The lowest BCUT2D eigenvalue weighted by molar-refractivity contribution is -0.192. The van der Waals surface area contributed by atoms with Gasteiger partial charge in [-0.2, -0.15) is 18.3 Å². The number of rotatable bonds is 2. The summed E-state index contributed by atoms with van der Waals surface area (Å²) >= 11 is 0. The van der Waals surface area contributed by atoms with Crippen molar-refractivity contribution < 1.29 is 32.6 Å². The number of aromatic amines is 1. The van der Waals surface area contributed by atoms with E-state index in [4.69, 9.17) is 14.6 Å². The number of hydrogen-bond donors (Lipinski definition) is 2. The predicted octanol–water partition coefficient (Wildman–Crippen LogP) is 1.28. The topological polar surface area (TPSA) is 98.8 Å². The molecule has 0 aliphatic carbocycles. The lowest BCUT2D eigenvalue weighted by Gasteiger charge is -2.31. The molecule has 1 aromatic heterocycles. The number of morpholine rings is 1. The van der Waals surface area contributed by atoms with Crippen molar-refractivity contribution in [3.05, 3.63) is 17.0 Å². The van der Waals surface area contributed by atoms with Crippen molar-refractivity contribution in [3.8, 4) is 0 Å². The quantitative estimate of drug-likeness (QED) is 0.787. The smallest absolute Gasteiger partial charge is 0.475 e. The van der Waals surface area contributed by atoms with E-state index in [0.29, 0.717) is 38.0 Å². The first-order valence-electron chi connectivity index (χ1n) is 8.58. The van der Waals surface area contributed by atoms with Crippen molar-refractivity contribution in [2.75, 3.05) is 32.8 Å². The number of nitrogens with one attached hydrogen (secondary N) is 1. The van der Waals surface area contributed by atoms with Crippen molar-refractivity contribution in [3.63, 3.8) is 0 Å². The first-order chi connectivity index (χ1) is 12.6. The Balaban J connectivity index is 0.000000321. The standard InChI is InChI=1S/C14H22N4O2.C2HF3O2/c1-10(2)18-4-3-12-11(9-18)13(16-15-12)14(19)17-5-7-20-8-6-17;3-2(4,5)1(6)7/h10H,3-9H2,1-2H3,(H,15,16);(H,6,7). The van der Waals surface area contributed by atoms with E-state index in [1.165, 1.54) is 0 Å². The Kier molecular flexibility index (Phi) is 6.82. The fourth-order valence-electron chi connectivity index (χ4n) is 2.85. The Morgan fingerprint density at radius 2 is 1.81 bits per heavy atom. The van der Waals surface area contributed by atoms with Crippen LogP contribution in [-0.4, -0.2) is 82.0 Å². The van der Waals surface area contributed by atoms with Crippen molar-refractivity contribution in [1.29, 1.82) is 0 Å². The highest BCUT2D eigenvalue weighted by molar-refractivity contribution is 5.94. The molecule has 0 radical (unpaired) electrons. The van der Waals surface area contributed by atoms with E-state index in [2.05, 4.69) is 28.9 Å².